The average molecular weight is 330 g/mol. The molecule has 0 N–H and O–H groups in total. The quantitative estimate of drug-likeness (QED) is 0.834. The molecule has 0 radical (unpaired) electrons. The molecule has 7 heteroatoms. The largest absolute Gasteiger partial charge is 0.444 e. The van der Waals surface area contributed by atoms with Gasteiger partial charge < -0.3 is 9.64 Å². The van der Waals surface area contributed by atoms with E-state index in [0.717, 1.165) is 0 Å². The molecule has 0 saturated carbocycles. The van der Waals surface area contributed by atoms with Crippen LogP contribution in [0, 0.1) is 0 Å². The van der Waals surface area contributed by atoms with Gasteiger partial charge in [-0.25, -0.2) is 14.2 Å². The number of likely N-dealkylation sites (tertiary alicyclic amines) is 1. The molecular formula is C15H21ClFN3O2. The van der Waals surface area contributed by atoms with Crippen LogP contribution in [0.1, 0.15) is 39.3 Å². The van der Waals surface area contributed by atoms with Crippen molar-refractivity contribution >= 4 is 17.7 Å². The number of nitrogens with zero attached hydrogens (tertiary/aromatic N) is 3. The van der Waals surface area contributed by atoms with Crippen molar-refractivity contribution in [1.29, 1.82) is 0 Å². The zero-order valence-electron chi connectivity index (χ0n) is 13.1. The fourth-order valence-electron chi connectivity index (χ4n) is 2.35. The predicted molar refractivity (Wildman–Crippen MR) is 81.6 cm³/mol. The van der Waals surface area contributed by atoms with E-state index >= 15 is 0 Å². The zero-order valence-corrected chi connectivity index (χ0v) is 13.9. The molecule has 0 spiro atoms. The lowest BCUT2D eigenvalue weighted by Crippen LogP contribution is -2.47. The van der Waals surface area contributed by atoms with Crippen LogP contribution in [0.25, 0.3) is 0 Å². The van der Waals surface area contributed by atoms with E-state index in [9.17, 15) is 9.18 Å². The molecule has 1 amide bonds. The number of rotatable bonds is 2. The molecular weight excluding hydrogens is 309 g/mol. The van der Waals surface area contributed by atoms with E-state index in [-0.39, 0.29) is 30.5 Å². The molecule has 2 heterocycles. The topological polar surface area (TPSA) is 55.3 Å². The molecule has 1 saturated heterocycles. The van der Waals surface area contributed by atoms with Crippen LogP contribution >= 0.6 is 11.6 Å². The van der Waals surface area contributed by atoms with Gasteiger partial charge in [0.25, 0.3) is 0 Å². The number of ether oxygens (including phenoxy) is 1. The third-order valence-electron chi connectivity index (χ3n) is 3.48. The second-order valence-electron chi connectivity index (χ2n) is 6.63. The number of amides is 1. The summed E-state index contributed by atoms with van der Waals surface area (Å²) in [6.45, 7) is 6.12. The fourth-order valence-corrected chi connectivity index (χ4v) is 2.45. The van der Waals surface area contributed by atoms with E-state index in [4.69, 9.17) is 16.3 Å². The van der Waals surface area contributed by atoms with Crippen molar-refractivity contribution in [3.63, 3.8) is 0 Å². The summed E-state index contributed by atoms with van der Waals surface area (Å²) in [6.07, 6.45) is 3.22. The van der Waals surface area contributed by atoms with Crippen LogP contribution in [0.5, 0.6) is 0 Å². The van der Waals surface area contributed by atoms with Crippen molar-refractivity contribution in [2.24, 2.45) is 0 Å². The summed E-state index contributed by atoms with van der Waals surface area (Å²) >= 11 is 5.67. The van der Waals surface area contributed by atoms with Crippen LogP contribution in [0.4, 0.5) is 9.18 Å². The van der Waals surface area contributed by atoms with Gasteiger partial charge in [0.05, 0.1) is 18.1 Å². The highest BCUT2D eigenvalue weighted by Crippen LogP contribution is 2.30. The molecule has 0 bridgehead atoms. The lowest BCUT2D eigenvalue weighted by atomic mass is 9.89. The Balaban J connectivity index is 1.90. The molecule has 1 aromatic heterocycles. The normalized spacial score (nSPS) is 18.1. The highest BCUT2D eigenvalue weighted by molar-refractivity contribution is 6.29. The maximum atomic E-state index is 14.9. The number of alkyl halides is 1. The Morgan fingerprint density at radius 3 is 2.50 bits per heavy atom. The monoisotopic (exact) mass is 329 g/mol. The highest BCUT2D eigenvalue weighted by atomic mass is 35.5. The van der Waals surface area contributed by atoms with Crippen LogP contribution in [-0.2, 0) is 11.2 Å². The van der Waals surface area contributed by atoms with E-state index in [1.54, 1.807) is 4.90 Å². The van der Waals surface area contributed by atoms with Crippen molar-refractivity contribution < 1.29 is 13.9 Å². The van der Waals surface area contributed by atoms with Crippen molar-refractivity contribution in [2.45, 2.75) is 51.3 Å². The van der Waals surface area contributed by atoms with Gasteiger partial charge >= 0.3 is 6.09 Å². The van der Waals surface area contributed by atoms with Crippen molar-refractivity contribution in [1.82, 2.24) is 14.9 Å². The molecule has 22 heavy (non-hydrogen) atoms. The molecule has 0 atom stereocenters. The van der Waals surface area contributed by atoms with Crippen LogP contribution in [-0.4, -0.2) is 45.3 Å². The van der Waals surface area contributed by atoms with Gasteiger partial charge in [-0.15, -0.1) is 0 Å². The number of halogens is 2. The Labute approximate surface area is 134 Å². The lowest BCUT2D eigenvalue weighted by Gasteiger charge is -2.36. The van der Waals surface area contributed by atoms with Gasteiger partial charge in [0, 0.05) is 19.5 Å². The molecule has 122 valence electrons. The number of carbonyl (C=O) groups excluding carboxylic acids is 1. The van der Waals surface area contributed by atoms with Gasteiger partial charge in [0.1, 0.15) is 16.4 Å². The third-order valence-corrected chi connectivity index (χ3v) is 3.68. The minimum atomic E-state index is -1.37. The molecule has 2 rings (SSSR count). The van der Waals surface area contributed by atoms with Crippen LogP contribution in [0.15, 0.2) is 12.4 Å². The summed E-state index contributed by atoms with van der Waals surface area (Å²) in [7, 11) is 0. The molecule has 0 aliphatic carbocycles. The number of aromatic nitrogens is 2. The van der Waals surface area contributed by atoms with Crippen LogP contribution in [0.3, 0.4) is 0 Å². The molecule has 1 aromatic rings. The van der Waals surface area contributed by atoms with Crippen molar-refractivity contribution in [3.8, 4) is 0 Å². The van der Waals surface area contributed by atoms with E-state index < -0.39 is 11.3 Å². The summed E-state index contributed by atoms with van der Waals surface area (Å²) in [4.78, 5) is 21.5. The minimum absolute atomic E-state index is 0.180. The lowest BCUT2D eigenvalue weighted by molar-refractivity contribution is 0.00321. The molecule has 1 aliphatic heterocycles. The predicted octanol–water partition coefficient (Wildman–Crippen LogP) is 3.41. The molecule has 1 aliphatic rings. The van der Waals surface area contributed by atoms with Gasteiger partial charge in [-0.05, 0) is 33.6 Å². The summed E-state index contributed by atoms with van der Waals surface area (Å²) in [6, 6.07) is 0. The Bertz CT molecular complexity index is 523. The average Bonchev–Trinajstić information content (AvgIpc) is 2.40. The first kappa shape index (κ1) is 16.9. The first-order valence-electron chi connectivity index (χ1n) is 7.30. The van der Waals surface area contributed by atoms with Crippen molar-refractivity contribution in [3.05, 3.63) is 23.2 Å². The number of carbonyl (C=O) groups is 1. The Morgan fingerprint density at radius 2 is 2.00 bits per heavy atom. The summed E-state index contributed by atoms with van der Waals surface area (Å²) in [5.41, 5.74) is -1.35. The van der Waals surface area contributed by atoms with Crippen LogP contribution < -0.4 is 0 Å². The van der Waals surface area contributed by atoms with Crippen molar-refractivity contribution in [2.75, 3.05) is 13.1 Å². The van der Waals surface area contributed by atoms with Gasteiger partial charge in [-0.3, -0.25) is 4.98 Å². The number of hydrogen-bond donors (Lipinski definition) is 0. The summed E-state index contributed by atoms with van der Waals surface area (Å²) in [5.74, 6) is 0. The van der Waals surface area contributed by atoms with Gasteiger partial charge in [-0.2, -0.15) is 0 Å². The van der Waals surface area contributed by atoms with E-state index in [2.05, 4.69) is 9.97 Å². The maximum Gasteiger partial charge on any atom is 0.410 e. The van der Waals surface area contributed by atoms with E-state index in [1.165, 1.54) is 12.4 Å². The van der Waals surface area contributed by atoms with Gasteiger partial charge in [-0.1, -0.05) is 11.6 Å². The Morgan fingerprint density at radius 1 is 1.36 bits per heavy atom. The highest BCUT2D eigenvalue weighted by Gasteiger charge is 2.37. The first-order chi connectivity index (χ1) is 10.2. The second kappa shape index (κ2) is 6.36. The van der Waals surface area contributed by atoms with Gasteiger partial charge in [0.15, 0.2) is 0 Å². The molecule has 0 aromatic carbocycles. The Hall–Kier alpha value is -1.43. The van der Waals surface area contributed by atoms with Crippen LogP contribution in [0.2, 0.25) is 5.15 Å². The summed E-state index contributed by atoms with van der Waals surface area (Å²) in [5, 5.41) is 0.288. The molecule has 1 fully saturated rings. The molecule has 0 unspecified atom stereocenters. The maximum absolute atomic E-state index is 14.9. The zero-order chi connectivity index (χ0) is 16.4. The first-order valence-corrected chi connectivity index (χ1v) is 7.68. The van der Waals surface area contributed by atoms with Gasteiger partial charge in [0.2, 0.25) is 0 Å². The number of hydrogen-bond acceptors (Lipinski definition) is 4. The SMILES string of the molecule is CC(C)(C)OC(=O)N1CCC(F)(Cc2cnc(Cl)cn2)CC1. The smallest absolute Gasteiger partial charge is 0.410 e. The Kier molecular flexibility index (Phi) is 4.90. The van der Waals surface area contributed by atoms with E-state index in [0.29, 0.717) is 18.8 Å². The minimum Gasteiger partial charge on any atom is -0.444 e. The number of piperidine rings is 1. The summed E-state index contributed by atoms with van der Waals surface area (Å²) < 4.78 is 20.2. The fraction of sp³-hybridized carbons (Fsp3) is 0.667. The molecule has 5 nitrogen and oxygen atoms in total. The van der Waals surface area contributed by atoms with E-state index in [1.807, 2.05) is 20.8 Å². The second-order valence-corrected chi connectivity index (χ2v) is 7.01. The third kappa shape index (κ3) is 4.80. The standard InChI is InChI=1S/C15H21ClFN3O2/c1-14(2,3)22-13(21)20-6-4-15(17,5-7-20)8-11-9-19-12(16)10-18-11/h9-10H,4-8H2,1-3H3.